The van der Waals surface area contributed by atoms with Crippen molar-refractivity contribution in [2.45, 2.75) is 26.5 Å². The van der Waals surface area contributed by atoms with E-state index >= 15 is 0 Å². The van der Waals surface area contributed by atoms with E-state index in [-0.39, 0.29) is 13.2 Å². The summed E-state index contributed by atoms with van der Waals surface area (Å²) < 4.78 is 17.2. The number of hydrogen-bond donors (Lipinski definition) is 0. The summed E-state index contributed by atoms with van der Waals surface area (Å²) in [5.41, 5.74) is 2.70. The van der Waals surface area contributed by atoms with Crippen molar-refractivity contribution in [3.8, 4) is 0 Å². The second kappa shape index (κ2) is 8.47. The standard InChI is InChI=1S/C24H21NO6/c1-3-15-8-9-17-16(11-22(26)31-21(17)10-15)14-30-23(27)13-25-12-19(24(28)29-2)18-6-4-5-7-20(18)25/h4-12H,3,13-14H2,1-2H3. The van der Waals surface area contributed by atoms with E-state index in [0.717, 1.165) is 22.9 Å². The van der Waals surface area contributed by atoms with Crippen LogP contribution in [-0.4, -0.2) is 23.6 Å². The molecule has 0 bridgehead atoms. The molecule has 31 heavy (non-hydrogen) atoms. The molecular weight excluding hydrogens is 398 g/mol. The Morgan fingerprint density at radius 1 is 1.06 bits per heavy atom. The number of benzene rings is 2. The molecule has 4 aromatic rings. The molecule has 0 amide bonds. The summed E-state index contributed by atoms with van der Waals surface area (Å²) >= 11 is 0. The maximum atomic E-state index is 12.5. The molecule has 0 N–H and O–H groups in total. The topological polar surface area (TPSA) is 87.7 Å². The monoisotopic (exact) mass is 419 g/mol. The summed E-state index contributed by atoms with van der Waals surface area (Å²) in [5, 5.41) is 1.42. The first kappa shape index (κ1) is 20.4. The average Bonchev–Trinajstić information content (AvgIpc) is 3.14. The lowest BCUT2D eigenvalue weighted by Crippen LogP contribution is -2.14. The van der Waals surface area contributed by atoms with E-state index in [9.17, 15) is 14.4 Å². The quantitative estimate of drug-likeness (QED) is 0.349. The zero-order valence-corrected chi connectivity index (χ0v) is 17.2. The van der Waals surface area contributed by atoms with Crippen molar-refractivity contribution in [3.05, 3.63) is 81.8 Å². The number of hydrogen-bond acceptors (Lipinski definition) is 6. The smallest absolute Gasteiger partial charge is 0.340 e. The van der Waals surface area contributed by atoms with E-state index in [2.05, 4.69) is 0 Å². The summed E-state index contributed by atoms with van der Waals surface area (Å²) in [6, 6.07) is 14.2. The predicted octanol–water partition coefficient (Wildman–Crippen LogP) is 3.84. The minimum atomic E-state index is -0.497. The van der Waals surface area contributed by atoms with Crippen LogP contribution in [0.25, 0.3) is 21.9 Å². The van der Waals surface area contributed by atoms with Crippen molar-refractivity contribution >= 4 is 33.8 Å². The third kappa shape index (κ3) is 4.07. The highest BCUT2D eigenvalue weighted by Crippen LogP contribution is 2.23. The van der Waals surface area contributed by atoms with E-state index in [0.29, 0.717) is 22.1 Å². The lowest BCUT2D eigenvalue weighted by Gasteiger charge is -2.09. The fourth-order valence-electron chi connectivity index (χ4n) is 3.61. The van der Waals surface area contributed by atoms with Crippen molar-refractivity contribution in [1.82, 2.24) is 4.57 Å². The van der Waals surface area contributed by atoms with Crippen molar-refractivity contribution < 1.29 is 23.5 Å². The number of aryl methyl sites for hydroxylation is 1. The number of carbonyl (C=O) groups excluding carboxylic acids is 2. The van der Waals surface area contributed by atoms with Gasteiger partial charge in [-0.3, -0.25) is 4.79 Å². The van der Waals surface area contributed by atoms with Gasteiger partial charge >= 0.3 is 17.6 Å². The number of para-hydroxylation sites is 1. The molecule has 4 rings (SSSR count). The van der Waals surface area contributed by atoms with E-state index in [1.807, 2.05) is 43.3 Å². The number of fused-ring (bicyclic) bond motifs is 2. The van der Waals surface area contributed by atoms with E-state index in [1.54, 1.807) is 16.8 Å². The molecular formula is C24H21NO6. The fraction of sp³-hybridized carbons (Fsp3) is 0.208. The van der Waals surface area contributed by atoms with Crippen LogP contribution in [0.15, 0.2) is 63.9 Å². The number of rotatable bonds is 6. The normalized spacial score (nSPS) is 11.0. The first-order chi connectivity index (χ1) is 15.0. The molecule has 158 valence electrons. The van der Waals surface area contributed by atoms with E-state index in [1.165, 1.54) is 13.2 Å². The average molecular weight is 419 g/mol. The van der Waals surface area contributed by atoms with Gasteiger partial charge in [0.15, 0.2) is 0 Å². The highest BCUT2D eigenvalue weighted by atomic mass is 16.5. The molecule has 2 aromatic heterocycles. The van der Waals surface area contributed by atoms with Gasteiger partial charge in [-0.15, -0.1) is 0 Å². The zero-order chi connectivity index (χ0) is 22.0. The molecule has 0 aliphatic heterocycles. The Bertz CT molecular complexity index is 1350. The van der Waals surface area contributed by atoms with Crippen molar-refractivity contribution in [3.63, 3.8) is 0 Å². The number of methoxy groups -OCH3 is 1. The summed E-state index contributed by atoms with van der Waals surface area (Å²) in [5.74, 6) is -0.971. The van der Waals surface area contributed by atoms with Gasteiger partial charge in [-0.1, -0.05) is 37.3 Å². The maximum Gasteiger partial charge on any atom is 0.340 e. The van der Waals surface area contributed by atoms with Crippen LogP contribution in [-0.2, 0) is 33.8 Å². The molecule has 0 atom stereocenters. The SMILES string of the molecule is CCc1ccc2c(COC(=O)Cn3cc(C(=O)OC)c4ccccc43)cc(=O)oc2c1. The van der Waals surface area contributed by atoms with Crippen molar-refractivity contribution in [2.75, 3.05) is 7.11 Å². The number of carbonyl (C=O) groups is 2. The van der Waals surface area contributed by atoms with Crippen LogP contribution < -0.4 is 5.63 Å². The Morgan fingerprint density at radius 3 is 2.65 bits per heavy atom. The summed E-state index contributed by atoms with van der Waals surface area (Å²) in [6.07, 6.45) is 2.40. The molecule has 2 aromatic carbocycles. The Morgan fingerprint density at radius 2 is 1.87 bits per heavy atom. The molecule has 0 fully saturated rings. The number of esters is 2. The minimum absolute atomic E-state index is 0.0601. The second-order valence-electron chi connectivity index (χ2n) is 7.11. The molecule has 2 heterocycles. The van der Waals surface area contributed by atoms with E-state index in [4.69, 9.17) is 13.9 Å². The third-order valence-corrected chi connectivity index (χ3v) is 5.18. The van der Waals surface area contributed by atoms with Gasteiger partial charge in [0.05, 0.1) is 12.7 Å². The van der Waals surface area contributed by atoms with Crippen LogP contribution >= 0.6 is 0 Å². The van der Waals surface area contributed by atoms with E-state index < -0.39 is 17.6 Å². The van der Waals surface area contributed by atoms with Crippen LogP contribution in [0.1, 0.15) is 28.4 Å². The first-order valence-corrected chi connectivity index (χ1v) is 9.87. The van der Waals surface area contributed by atoms with Gasteiger partial charge in [0.1, 0.15) is 18.7 Å². The van der Waals surface area contributed by atoms with Crippen molar-refractivity contribution in [1.29, 1.82) is 0 Å². The van der Waals surface area contributed by atoms with Gasteiger partial charge in [-0.25, -0.2) is 9.59 Å². The molecule has 0 spiro atoms. The van der Waals surface area contributed by atoms with Gasteiger partial charge in [0.2, 0.25) is 0 Å². The zero-order valence-electron chi connectivity index (χ0n) is 17.2. The Balaban J connectivity index is 1.56. The summed E-state index contributed by atoms with van der Waals surface area (Å²) in [4.78, 5) is 36.5. The highest BCUT2D eigenvalue weighted by Gasteiger charge is 2.17. The first-order valence-electron chi connectivity index (χ1n) is 9.87. The number of nitrogens with zero attached hydrogens (tertiary/aromatic N) is 1. The van der Waals surface area contributed by atoms with Crippen LogP contribution in [0.5, 0.6) is 0 Å². The van der Waals surface area contributed by atoms with Crippen LogP contribution in [0, 0.1) is 0 Å². The Hall–Kier alpha value is -3.87. The predicted molar refractivity (Wildman–Crippen MR) is 115 cm³/mol. The molecule has 0 aliphatic rings. The minimum Gasteiger partial charge on any atom is -0.465 e. The fourth-order valence-corrected chi connectivity index (χ4v) is 3.61. The molecule has 0 unspecified atom stereocenters. The van der Waals surface area contributed by atoms with Crippen LogP contribution in [0.4, 0.5) is 0 Å². The van der Waals surface area contributed by atoms with Gasteiger partial charge < -0.3 is 18.5 Å². The Labute approximate surface area is 177 Å². The second-order valence-corrected chi connectivity index (χ2v) is 7.11. The summed E-state index contributed by atoms with van der Waals surface area (Å²) in [6.45, 7) is 1.87. The van der Waals surface area contributed by atoms with Gasteiger partial charge in [-0.05, 0) is 24.1 Å². The maximum absolute atomic E-state index is 12.5. The molecule has 0 saturated carbocycles. The van der Waals surface area contributed by atoms with Gasteiger partial charge in [-0.2, -0.15) is 0 Å². The number of ether oxygens (including phenoxy) is 2. The summed E-state index contributed by atoms with van der Waals surface area (Å²) in [7, 11) is 1.31. The van der Waals surface area contributed by atoms with Crippen LogP contribution in [0.3, 0.4) is 0 Å². The third-order valence-electron chi connectivity index (χ3n) is 5.18. The molecule has 7 heteroatoms. The molecule has 7 nitrogen and oxygen atoms in total. The van der Waals surface area contributed by atoms with Crippen LogP contribution in [0.2, 0.25) is 0 Å². The molecule has 0 radical (unpaired) electrons. The highest BCUT2D eigenvalue weighted by molar-refractivity contribution is 6.04. The van der Waals surface area contributed by atoms with Gasteiger partial charge in [0.25, 0.3) is 0 Å². The van der Waals surface area contributed by atoms with Gasteiger partial charge in [0, 0.05) is 34.1 Å². The largest absolute Gasteiger partial charge is 0.465 e. The number of aromatic nitrogens is 1. The van der Waals surface area contributed by atoms with Crippen molar-refractivity contribution in [2.24, 2.45) is 0 Å². The lowest BCUT2D eigenvalue weighted by atomic mass is 10.1. The Kier molecular flexibility index (Phi) is 5.58. The molecule has 0 saturated heterocycles. The lowest BCUT2D eigenvalue weighted by molar-refractivity contribution is -0.145. The molecule has 0 aliphatic carbocycles.